The summed E-state index contributed by atoms with van der Waals surface area (Å²) in [6, 6.07) is 1.87. The number of hydrogen-bond acceptors (Lipinski definition) is 1. The van der Waals surface area contributed by atoms with Crippen LogP contribution in [0.5, 0.6) is 0 Å². The second kappa shape index (κ2) is 6.34. The summed E-state index contributed by atoms with van der Waals surface area (Å²) in [7, 11) is 0. The average Bonchev–Trinajstić information content (AvgIpc) is 2.53. The van der Waals surface area contributed by atoms with Gasteiger partial charge in [0.2, 0.25) is 0 Å². The van der Waals surface area contributed by atoms with Gasteiger partial charge in [-0.25, -0.2) is 0 Å². The van der Waals surface area contributed by atoms with Crippen molar-refractivity contribution in [1.29, 1.82) is 0 Å². The Morgan fingerprint density at radius 1 is 1.04 bits per heavy atom. The van der Waals surface area contributed by atoms with E-state index in [1.807, 2.05) is 6.08 Å². The second-order valence-corrected chi connectivity index (χ2v) is 6.95. The van der Waals surface area contributed by atoms with Gasteiger partial charge in [0.25, 0.3) is 0 Å². The molecule has 25 heavy (non-hydrogen) atoms. The average molecular weight is 363 g/mol. The van der Waals surface area contributed by atoms with Gasteiger partial charge in [0, 0.05) is 12.6 Å². The third-order valence-corrected chi connectivity index (χ3v) is 5.35. The lowest BCUT2D eigenvalue weighted by Crippen LogP contribution is -2.53. The van der Waals surface area contributed by atoms with Gasteiger partial charge >= 0.3 is 12.4 Å². The highest BCUT2D eigenvalue weighted by Crippen LogP contribution is 2.40. The molecular weight excluding hydrogens is 344 g/mol. The molecular formula is C18H19F6N. The van der Waals surface area contributed by atoms with Gasteiger partial charge in [-0.3, -0.25) is 4.90 Å². The van der Waals surface area contributed by atoms with Crippen LogP contribution in [-0.4, -0.2) is 24.0 Å². The lowest BCUT2D eigenvalue weighted by atomic mass is 9.74. The molecule has 1 aromatic rings. The zero-order chi connectivity index (χ0) is 18.4. The van der Waals surface area contributed by atoms with Gasteiger partial charge in [0.15, 0.2) is 0 Å². The maximum atomic E-state index is 13.0. The van der Waals surface area contributed by atoms with Crippen molar-refractivity contribution in [1.82, 2.24) is 4.90 Å². The molecule has 0 saturated carbocycles. The third kappa shape index (κ3) is 3.86. The molecule has 0 aliphatic carbocycles. The topological polar surface area (TPSA) is 3.24 Å². The second-order valence-electron chi connectivity index (χ2n) is 6.95. The van der Waals surface area contributed by atoms with E-state index < -0.39 is 23.5 Å². The van der Waals surface area contributed by atoms with E-state index in [0.717, 1.165) is 38.1 Å². The Morgan fingerprint density at radius 3 is 2.08 bits per heavy atom. The van der Waals surface area contributed by atoms with Gasteiger partial charge < -0.3 is 0 Å². The van der Waals surface area contributed by atoms with Gasteiger partial charge in [0.05, 0.1) is 11.1 Å². The van der Waals surface area contributed by atoms with Gasteiger partial charge in [-0.2, -0.15) is 26.3 Å². The molecule has 2 bridgehead atoms. The van der Waals surface area contributed by atoms with Crippen LogP contribution in [0, 0.1) is 11.8 Å². The number of nitrogens with zero attached hydrogens (tertiary/aromatic N) is 1. The number of rotatable bonds is 3. The van der Waals surface area contributed by atoms with Crippen LogP contribution in [-0.2, 0) is 18.8 Å². The van der Waals surface area contributed by atoms with E-state index in [0.29, 0.717) is 11.8 Å². The number of hydrogen-bond donors (Lipinski definition) is 0. The van der Waals surface area contributed by atoms with Crippen LogP contribution in [0.25, 0.3) is 0 Å². The van der Waals surface area contributed by atoms with Crippen LogP contribution in [0.15, 0.2) is 30.9 Å². The van der Waals surface area contributed by atoms with Crippen LogP contribution >= 0.6 is 0 Å². The lowest BCUT2D eigenvalue weighted by Gasteiger charge is -2.49. The number of piperidine rings is 3. The van der Waals surface area contributed by atoms with Crippen molar-refractivity contribution in [2.24, 2.45) is 11.8 Å². The summed E-state index contributed by atoms with van der Waals surface area (Å²) in [5, 5.41) is 0. The quantitative estimate of drug-likeness (QED) is 0.529. The van der Waals surface area contributed by atoms with Crippen LogP contribution < -0.4 is 0 Å². The first kappa shape index (κ1) is 18.3. The number of fused-ring (bicyclic) bond motifs is 3. The molecule has 3 heterocycles. The highest BCUT2D eigenvalue weighted by molar-refractivity contribution is 5.34. The molecule has 3 fully saturated rings. The molecule has 4 atom stereocenters. The van der Waals surface area contributed by atoms with Crippen LogP contribution in [0.3, 0.4) is 0 Å². The Morgan fingerprint density at radius 2 is 1.64 bits per heavy atom. The van der Waals surface area contributed by atoms with E-state index in [1.54, 1.807) is 0 Å². The van der Waals surface area contributed by atoms with E-state index in [1.165, 1.54) is 0 Å². The van der Waals surface area contributed by atoms with Crippen molar-refractivity contribution in [3.8, 4) is 0 Å². The molecule has 1 aromatic carbocycles. The predicted molar refractivity (Wildman–Crippen MR) is 81.9 cm³/mol. The van der Waals surface area contributed by atoms with Gasteiger partial charge in [-0.05, 0) is 61.4 Å². The molecule has 3 saturated heterocycles. The first-order valence-corrected chi connectivity index (χ1v) is 8.23. The van der Waals surface area contributed by atoms with Crippen molar-refractivity contribution in [3.63, 3.8) is 0 Å². The standard InChI is InChI=1S/C18H19F6N/c1-2-12-10-25-4-3-13(12)8-16(25)7-11-5-14(17(19,20)21)9-15(6-11)18(22,23)24/h2,5-6,9,12-13,16H,1,3-4,7-8,10H2. The van der Waals surface area contributed by atoms with E-state index in [4.69, 9.17) is 0 Å². The normalized spacial score (nSPS) is 29.7. The molecule has 0 amide bonds. The maximum Gasteiger partial charge on any atom is 0.416 e. The predicted octanol–water partition coefficient (Wildman–Crippen LogP) is 5.16. The largest absolute Gasteiger partial charge is 0.416 e. The Labute approximate surface area is 142 Å². The fourth-order valence-corrected chi connectivity index (χ4v) is 4.07. The molecule has 0 aromatic heterocycles. The van der Waals surface area contributed by atoms with Crippen molar-refractivity contribution in [3.05, 3.63) is 47.5 Å². The van der Waals surface area contributed by atoms with E-state index in [9.17, 15) is 26.3 Å². The summed E-state index contributed by atoms with van der Waals surface area (Å²) in [5.41, 5.74) is -2.38. The summed E-state index contributed by atoms with van der Waals surface area (Å²) in [4.78, 5) is 2.17. The van der Waals surface area contributed by atoms with E-state index in [2.05, 4.69) is 11.5 Å². The van der Waals surface area contributed by atoms with Crippen molar-refractivity contribution >= 4 is 0 Å². The highest BCUT2D eigenvalue weighted by atomic mass is 19.4. The third-order valence-electron chi connectivity index (χ3n) is 5.35. The SMILES string of the molecule is C=CC1CN2CCC1CC2Cc1cc(C(F)(F)F)cc(C(F)(F)F)c1. The molecule has 0 N–H and O–H groups in total. The molecule has 138 valence electrons. The molecule has 0 radical (unpaired) electrons. The van der Waals surface area contributed by atoms with Crippen LogP contribution in [0.4, 0.5) is 26.3 Å². The Bertz CT molecular complexity index is 616. The number of halogens is 6. The minimum atomic E-state index is -4.80. The highest BCUT2D eigenvalue weighted by Gasteiger charge is 2.40. The molecule has 0 spiro atoms. The van der Waals surface area contributed by atoms with Crippen LogP contribution in [0.2, 0.25) is 0 Å². The minimum absolute atomic E-state index is 0.0143. The summed E-state index contributed by atoms with van der Waals surface area (Å²) in [6.45, 7) is 5.43. The van der Waals surface area contributed by atoms with Gasteiger partial charge in [-0.1, -0.05) is 6.08 Å². The van der Waals surface area contributed by atoms with Gasteiger partial charge in [0.1, 0.15) is 0 Å². The van der Waals surface area contributed by atoms with Crippen molar-refractivity contribution < 1.29 is 26.3 Å². The number of alkyl halides is 6. The van der Waals surface area contributed by atoms with E-state index >= 15 is 0 Å². The molecule has 3 aliphatic heterocycles. The lowest BCUT2D eigenvalue weighted by molar-refractivity contribution is -0.143. The van der Waals surface area contributed by atoms with Crippen LogP contribution in [0.1, 0.15) is 29.5 Å². The first-order valence-electron chi connectivity index (χ1n) is 8.23. The summed E-state index contributed by atoms with van der Waals surface area (Å²) >= 11 is 0. The summed E-state index contributed by atoms with van der Waals surface area (Å²) in [6.07, 6.45) is -5.70. The minimum Gasteiger partial charge on any atom is -0.299 e. The van der Waals surface area contributed by atoms with Gasteiger partial charge in [-0.15, -0.1) is 6.58 Å². The molecule has 1 nitrogen and oxygen atoms in total. The number of benzene rings is 1. The zero-order valence-corrected chi connectivity index (χ0v) is 13.5. The molecule has 3 aliphatic rings. The molecule has 4 unspecified atom stereocenters. The molecule has 4 rings (SSSR count). The van der Waals surface area contributed by atoms with Crippen molar-refractivity contribution in [2.45, 2.75) is 37.7 Å². The summed E-state index contributed by atoms with van der Waals surface area (Å²) < 4.78 is 77.8. The first-order chi connectivity index (χ1) is 11.6. The zero-order valence-electron chi connectivity index (χ0n) is 13.5. The Hall–Kier alpha value is -1.50. The summed E-state index contributed by atoms with van der Waals surface area (Å²) in [5.74, 6) is 0.776. The maximum absolute atomic E-state index is 13.0. The monoisotopic (exact) mass is 363 g/mol. The smallest absolute Gasteiger partial charge is 0.299 e. The van der Waals surface area contributed by atoms with E-state index in [-0.39, 0.29) is 24.1 Å². The fourth-order valence-electron chi connectivity index (χ4n) is 4.07. The Kier molecular flexibility index (Phi) is 4.64. The molecule has 7 heteroatoms. The fraction of sp³-hybridized carbons (Fsp3) is 0.556. The van der Waals surface area contributed by atoms with Crippen molar-refractivity contribution in [2.75, 3.05) is 13.1 Å². The Balaban J connectivity index is 1.86.